The molecule has 0 saturated carbocycles. The minimum atomic E-state index is 0.124. The van der Waals surface area contributed by atoms with Crippen molar-refractivity contribution in [2.24, 2.45) is 5.92 Å². The Morgan fingerprint density at radius 2 is 1.88 bits per heavy atom. The van der Waals surface area contributed by atoms with Crippen LogP contribution in [0.2, 0.25) is 0 Å². The fourth-order valence-corrected chi connectivity index (χ4v) is 1.34. The Morgan fingerprint density at radius 1 is 1.25 bits per heavy atom. The van der Waals surface area contributed by atoms with Gasteiger partial charge in [-0.05, 0) is 18.8 Å². The maximum atomic E-state index is 10.9. The second kappa shape index (κ2) is 14.4. The first-order chi connectivity index (χ1) is 7.74. The molecule has 1 amide bonds. The molecule has 0 bridgehead atoms. The molecule has 0 heterocycles. The normalized spacial score (nSPS) is 11.3. The Hall–Kier alpha value is -0.570. The van der Waals surface area contributed by atoms with Crippen molar-refractivity contribution in [2.75, 3.05) is 13.2 Å². The lowest BCUT2D eigenvalue weighted by molar-refractivity contribution is -0.120. The predicted molar refractivity (Wildman–Crippen MR) is 69.4 cm³/mol. The topological polar surface area (TPSA) is 49.3 Å². The van der Waals surface area contributed by atoms with Crippen LogP contribution in [0, 0.1) is 5.92 Å². The number of carbonyl (C=O) groups excluding carboxylic acids is 1. The smallest absolute Gasteiger partial charge is 0.219 e. The highest BCUT2D eigenvalue weighted by molar-refractivity contribution is 5.75. The summed E-state index contributed by atoms with van der Waals surface area (Å²) in [5.41, 5.74) is 0. The van der Waals surface area contributed by atoms with Gasteiger partial charge in [-0.15, -0.1) is 0 Å². The maximum absolute atomic E-state index is 10.9. The second-order valence-corrected chi connectivity index (χ2v) is 3.66. The van der Waals surface area contributed by atoms with E-state index in [1.54, 1.807) is 0 Å². The van der Waals surface area contributed by atoms with Gasteiger partial charge in [0.25, 0.3) is 0 Å². The van der Waals surface area contributed by atoms with Gasteiger partial charge in [0, 0.05) is 19.6 Å². The third-order valence-electron chi connectivity index (χ3n) is 2.52. The van der Waals surface area contributed by atoms with Crippen molar-refractivity contribution in [3.05, 3.63) is 0 Å². The summed E-state index contributed by atoms with van der Waals surface area (Å²) < 4.78 is 0. The van der Waals surface area contributed by atoms with E-state index in [4.69, 9.17) is 5.11 Å². The molecule has 0 fully saturated rings. The van der Waals surface area contributed by atoms with Crippen LogP contribution in [0.3, 0.4) is 0 Å². The Morgan fingerprint density at radius 3 is 2.31 bits per heavy atom. The second-order valence-electron chi connectivity index (χ2n) is 3.66. The zero-order valence-electron chi connectivity index (χ0n) is 11.4. The van der Waals surface area contributed by atoms with E-state index in [0.717, 1.165) is 32.2 Å². The number of nitrogens with one attached hydrogen (secondary N) is 1. The molecular formula is C13H29NO2. The predicted octanol–water partition coefficient (Wildman–Crippen LogP) is 2.73. The molecule has 0 saturated heterocycles. The van der Waals surface area contributed by atoms with Gasteiger partial charge in [-0.1, -0.05) is 40.5 Å². The monoisotopic (exact) mass is 231 g/mol. The highest BCUT2D eigenvalue weighted by Gasteiger charge is 2.03. The molecule has 0 rings (SSSR count). The molecule has 16 heavy (non-hydrogen) atoms. The SMILES string of the molecule is CC.CCC(=O)NCCCCC(CC)CO. The molecule has 1 unspecified atom stereocenters. The molecule has 0 spiro atoms. The van der Waals surface area contributed by atoms with Gasteiger partial charge in [0.2, 0.25) is 5.91 Å². The highest BCUT2D eigenvalue weighted by Crippen LogP contribution is 2.10. The number of unbranched alkanes of at least 4 members (excludes halogenated alkanes) is 1. The maximum Gasteiger partial charge on any atom is 0.219 e. The van der Waals surface area contributed by atoms with Gasteiger partial charge in [0.05, 0.1) is 0 Å². The third kappa shape index (κ3) is 11.5. The van der Waals surface area contributed by atoms with E-state index in [1.807, 2.05) is 20.8 Å². The van der Waals surface area contributed by atoms with E-state index in [1.165, 1.54) is 0 Å². The van der Waals surface area contributed by atoms with Crippen molar-refractivity contribution in [3.63, 3.8) is 0 Å². The van der Waals surface area contributed by atoms with Crippen molar-refractivity contribution < 1.29 is 9.90 Å². The molecule has 98 valence electrons. The van der Waals surface area contributed by atoms with Gasteiger partial charge in [-0.3, -0.25) is 4.79 Å². The van der Waals surface area contributed by atoms with Crippen LogP contribution in [0.4, 0.5) is 0 Å². The Balaban J connectivity index is 0. The van der Waals surface area contributed by atoms with Crippen molar-refractivity contribution in [2.45, 2.75) is 59.8 Å². The Bertz CT molecular complexity index is 145. The molecule has 1 atom stereocenters. The number of hydrogen-bond acceptors (Lipinski definition) is 2. The van der Waals surface area contributed by atoms with Crippen LogP contribution < -0.4 is 5.32 Å². The van der Waals surface area contributed by atoms with E-state index >= 15 is 0 Å². The summed E-state index contributed by atoms with van der Waals surface area (Å²) in [7, 11) is 0. The number of aliphatic hydroxyl groups is 1. The molecule has 0 aliphatic heterocycles. The lowest BCUT2D eigenvalue weighted by Crippen LogP contribution is -2.23. The van der Waals surface area contributed by atoms with Crippen LogP contribution in [-0.4, -0.2) is 24.2 Å². The number of amides is 1. The summed E-state index contributed by atoms with van der Waals surface area (Å²) in [5.74, 6) is 0.566. The first kappa shape index (κ1) is 17.8. The molecule has 0 aliphatic carbocycles. The standard InChI is InChI=1S/C11H23NO2.C2H6/c1-3-10(9-13)7-5-6-8-12-11(14)4-2;1-2/h10,13H,3-9H2,1-2H3,(H,12,14);1-2H3. The van der Waals surface area contributed by atoms with Gasteiger partial charge < -0.3 is 10.4 Å². The largest absolute Gasteiger partial charge is 0.396 e. The highest BCUT2D eigenvalue weighted by atomic mass is 16.3. The van der Waals surface area contributed by atoms with E-state index in [-0.39, 0.29) is 12.5 Å². The summed E-state index contributed by atoms with van der Waals surface area (Å²) in [6, 6.07) is 0. The summed E-state index contributed by atoms with van der Waals surface area (Å²) in [4.78, 5) is 10.9. The fourth-order valence-electron chi connectivity index (χ4n) is 1.34. The van der Waals surface area contributed by atoms with Gasteiger partial charge in [-0.2, -0.15) is 0 Å². The Labute approximate surface area is 101 Å². The van der Waals surface area contributed by atoms with Gasteiger partial charge >= 0.3 is 0 Å². The molecule has 0 radical (unpaired) electrons. The number of hydrogen-bond donors (Lipinski definition) is 2. The first-order valence-electron chi connectivity index (χ1n) is 6.62. The van der Waals surface area contributed by atoms with Crippen molar-refractivity contribution in [3.8, 4) is 0 Å². The molecule has 0 aliphatic rings. The summed E-state index contributed by atoms with van der Waals surface area (Å²) in [6.45, 7) is 9.01. The molecule has 3 nitrogen and oxygen atoms in total. The first-order valence-corrected chi connectivity index (χ1v) is 6.62. The molecule has 0 aromatic carbocycles. The van der Waals surface area contributed by atoms with E-state index in [2.05, 4.69) is 12.2 Å². The van der Waals surface area contributed by atoms with Crippen LogP contribution in [0.15, 0.2) is 0 Å². The number of aliphatic hydroxyl groups excluding tert-OH is 1. The van der Waals surface area contributed by atoms with Gasteiger partial charge in [0.15, 0.2) is 0 Å². The van der Waals surface area contributed by atoms with Crippen molar-refractivity contribution >= 4 is 5.91 Å². The molecule has 0 aromatic rings. The summed E-state index contributed by atoms with van der Waals surface area (Å²) in [5, 5.41) is 11.8. The van der Waals surface area contributed by atoms with Crippen LogP contribution in [0.25, 0.3) is 0 Å². The summed E-state index contributed by atoms with van der Waals surface area (Å²) >= 11 is 0. The van der Waals surface area contributed by atoms with E-state index < -0.39 is 0 Å². The lowest BCUT2D eigenvalue weighted by atomic mass is 10.0. The van der Waals surface area contributed by atoms with Crippen molar-refractivity contribution in [1.82, 2.24) is 5.32 Å². The average molecular weight is 231 g/mol. The van der Waals surface area contributed by atoms with Gasteiger partial charge in [0.1, 0.15) is 0 Å². The van der Waals surface area contributed by atoms with Crippen LogP contribution in [-0.2, 0) is 4.79 Å². The van der Waals surface area contributed by atoms with Crippen LogP contribution in [0.1, 0.15) is 59.8 Å². The number of rotatable bonds is 8. The molecule has 3 heteroatoms. The Kier molecular flexibility index (Phi) is 16.1. The fraction of sp³-hybridized carbons (Fsp3) is 0.923. The number of carbonyl (C=O) groups is 1. The third-order valence-corrected chi connectivity index (χ3v) is 2.52. The average Bonchev–Trinajstić information content (AvgIpc) is 2.36. The van der Waals surface area contributed by atoms with E-state index in [0.29, 0.717) is 12.3 Å². The zero-order chi connectivity index (χ0) is 12.8. The zero-order valence-corrected chi connectivity index (χ0v) is 11.4. The van der Waals surface area contributed by atoms with Crippen LogP contribution >= 0.6 is 0 Å². The lowest BCUT2D eigenvalue weighted by Gasteiger charge is -2.10. The van der Waals surface area contributed by atoms with Crippen molar-refractivity contribution in [1.29, 1.82) is 0 Å². The minimum Gasteiger partial charge on any atom is -0.396 e. The minimum absolute atomic E-state index is 0.124. The summed E-state index contributed by atoms with van der Waals surface area (Å²) in [6.07, 6.45) is 4.77. The van der Waals surface area contributed by atoms with E-state index in [9.17, 15) is 4.79 Å². The van der Waals surface area contributed by atoms with Gasteiger partial charge in [-0.25, -0.2) is 0 Å². The van der Waals surface area contributed by atoms with Crippen LogP contribution in [0.5, 0.6) is 0 Å². The molecule has 0 aromatic heterocycles. The quantitative estimate of drug-likeness (QED) is 0.631. The molecular weight excluding hydrogens is 202 g/mol. The molecule has 2 N–H and O–H groups in total.